The summed E-state index contributed by atoms with van der Waals surface area (Å²) < 4.78 is 5.85. The number of fused-ring (bicyclic) bond motifs is 1. The van der Waals surface area contributed by atoms with Gasteiger partial charge in [-0.1, -0.05) is 6.07 Å². The van der Waals surface area contributed by atoms with E-state index in [9.17, 15) is 9.90 Å². The van der Waals surface area contributed by atoms with E-state index in [1.165, 1.54) is 0 Å². The lowest BCUT2D eigenvalue weighted by molar-refractivity contribution is 0.0733. The van der Waals surface area contributed by atoms with Crippen molar-refractivity contribution in [1.29, 1.82) is 0 Å². The quantitative estimate of drug-likeness (QED) is 0.666. The highest BCUT2D eigenvalue weighted by molar-refractivity contribution is 7.98. The van der Waals surface area contributed by atoms with Crippen LogP contribution < -0.4 is 4.74 Å². The summed E-state index contributed by atoms with van der Waals surface area (Å²) in [6.07, 6.45) is 4.58. The average Bonchev–Trinajstić information content (AvgIpc) is 3.00. The Morgan fingerprint density at radius 3 is 2.59 bits per heavy atom. The van der Waals surface area contributed by atoms with Crippen molar-refractivity contribution in [3.63, 3.8) is 0 Å². The van der Waals surface area contributed by atoms with E-state index in [-0.39, 0.29) is 5.91 Å². The standard InChI is InChI=1S/C23H22N2O3S/c1-29-20-5-2-17(3-6-20)23(27)25-12-13-28-21-7-4-18(14-19(21)15-25)22(26)16-8-10-24-11-9-16/h2-11,14,22,26H,12-13,15H2,1H3. The fraction of sp³-hybridized carbons (Fsp3) is 0.217. The minimum atomic E-state index is -0.755. The summed E-state index contributed by atoms with van der Waals surface area (Å²) in [6.45, 7) is 1.39. The molecular formula is C23H22N2O3S. The molecule has 3 aromatic rings. The number of benzene rings is 2. The van der Waals surface area contributed by atoms with Gasteiger partial charge in [0.2, 0.25) is 0 Å². The molecule has 0 fully saturated rings. The fourth-order valence-corrected chi connectivity index (χ4v) is 3.82. The van der Waals surface area contributed by atoms with Crippen LogP contribution in [0.5, 0.6) is 5.75 Å². The molecule has 2 heterocycles. The molecule has 1 aliphatic rings. The van der Waals surface area contributed by atoms with Crippen molar-refractivity contribution in [2.45, 2.75) is 17.5 Å². The van der Waals surface area contributed by atoms with Gasteiger partial charge < -0.3 is 14.7 Å². The lowest BCUT2D eigenvalue weighted by atomic mass is 10.00. The van der Waals surface area contributed by atoms with E-state index in [1.807, 2.05) is 48.7 Å². The number of aliphatic hydroxyl groups is 1. The Kier molecular flexibility index (Phi) is 5.83. The molecule has 1 amide bonds. The first-order chi connectivity index (χ1) is 14.2. The largest absolute Gasteiger partial charge is 0.491 e. The molecule has 2 aromatic carbocycles. The van der Waals surface area contributed by atoms with Crippen molar-refractivity contribution in [2.75, 3.05) is 19.4 Å². The number of aromatic nitrogens is 1. The Labute approximate surface area is 174 Å². The number of aliphatic hydroxyl groups excluding tert-OH is 1. The molecule has 4 rings (SSSR count). The summed E-state index contributed by atoms with van der Waals surface area (Å²) in [5.41, 5.74) is 3.09. The average molecular weight is 407 g/mol. The van der Waals surface area contributed by atoms with Crippen molar-refractivity contribution in [3.8, 4) is 5.75 Å². The molecule has 0 spiro atoms. The van der Waals surface area contributed by atoms with Gasteiger partial charge in [-0.3, -0.25) is 9.78 Å². The number of pyridine rings is 1. The number of ether oxygens (including phenoxy) is 1. The maximum atomic E-state index is 13.0. The topological polar surface area (TPSA) is 62.7 Å². The minimum Gasteiger partial charge on any atom is -0.491 e. The molecule has 5 nitrogen and oxygen atoms in total. The van der Waals surface area contributed by atoms with E-state index in [2.05, 4.69) is 4.98 Å². The first kappa shape index (κ1) is 19.5. The zero-order valence-corrected chi connectivity index (χ0v) is 16.9. The van der Waals surface area contributed by atoms with Crippen molar-refractivity contribution >= 4 is 17.7 Å². The van der Waals surface area contributed by atoms with Gasteiger partial charge in [0.1, 0.15) is 18.5 Å². The Bertz CT molecular complexity index is 993. The SMILES string of the molecule is CSc1ccc(C(=O)N2CCOc3ccc(C(O)c4ccncc4)cc3C2)cc1. The third kappa shape index (κ3) is 4.28. The highest BCUT2D eigenvalue weighted by Gasteiger charge is 2.22. The number of carbonyl (C=O) groups is 1. The van der Waals surface area contributed by atoms with Crippen LogP contribution in [0.1, 0.15) is 33.2 Å². The van der Waals surface area contributed by atoms with Gasteiger partial charge in [-0.05, 0) is 65.9 Å². The predicted molar refractivity (Wildman–Crippen MR) is 113 cm³/mol. The number of rotatable bonds is 4. The van der Waals surface area contributed by atoms with E-state index in [0.717, 1.165) is 27.3 Å². The summed E-state index contributed by atoms with van der Waals surface area (Å²) in [4.78, 5) is 19.9. The highest BCUT2D eigenvalue weighted by atomic mass is 32.2. The van der Waals surface area contributed by atoms with Crippen molar-refractivity contribution in [3.05, 3.63) is 89.2 Å². The first-order valence-electron chi connectivity index (χ1n) is 9.42. The molecule has 1 N–H and O–H groups in total. The Morgan fingerprint density at radius 1 is 1.10 bits per heavy atom. The number of nitrogens with zero attached hydrogens (tertiary/aromatic N) is 2. The summed E-state index contributed by atoms with van der Waals surface area (Å²) in [6, 6.07) is 16.9. The van der Waals surface area contributed by atoms with Crippen LogP contribution in [0.15, 0.2) is 71.9 Å². The monoisotopic (exact) mass is 406 g/mol. The number of thioether (sulfide) groups is 1. The van der Waals surface area contributed by atoms with E-state index in [0.29, 0.717) is 25.3 Å². The zero-order chi connectivity index (χ0) is 20.2. The van der Waals surface area contributed by atoms with Gasteiger partial charge in [-0.25, -0.2) is 0 Å². The molecule has 148 valence electrons. The van der Waals surface area contributed by atoms with E-state index < -0.39 is 6.10 Å². The van der Waals surface area contributed by atoms with Crippen LogP contribution in [0.4, 0.5) is 0 Å². The summed E-state index contributed by atoms with van der Waals surface area (Å²) in [5.74, 6) is 0.734. The van der Waals surface area contributed by atoms with Crippen LogP contribution >= 0.6 is 11.8 Å². The second kappa shape index (κ2) is 8.68. The van der Waals surface area contributed by atoms with Crippen molar-refractivity contribution in [1.82, 2.24) is 9.88 Å². The normalized spacial score (nSPS) is 14.5. The molecule has 0 saturated heterocycles. The Hall–Kier alpha value is -2.83. The molecule has 0 saturated carbocycles. The van der Waals surface area contributed by atoms with Crippen LogP contribution in [0.3, 0.4) is 0 Å². The van der Waals surface area contributed by atoms with Crippen LogP contribution in [0.25, 0.3) is 0 Å². The predicted octanol–water partition coefficient (Wildman–Crippen LogP) is 3.92. The highest BCUT2D eigenvalue weighted by Crippen LogP contribution is 2.30. The lowest BCUT2D eigenvalue weighted by Gasteiger charge is -2.20. The second-order valence-electron chi connectivity index (χ2n) is 6.85. The second-order valence-corrected chi connectivity index (χ2v) is 7.73. The minimum absolute atomic E-state index is 0.0193. The van der Waals surface area contributed by atoms with E-state index in [1.54, 1.807) is 41.2 Å². The van der Waals surface area contributed by atoms with Gasteiger partial charge in [0, 0.05) is 35.0 Å². The molecular weight excluding hydrogens is 384 g/mol. The van der Waals surface area contributed by atoms with Gasteiger partial charge in [-0.15, -0.1) is 11.8 Å². The molecule has 29 heavy (non-hydrogen) atoms. The lowest BCUT2D eigenvalue weighted by Crippen LogP contribution is -2.32. The number of hydrogen-bond donors (Lipinski definition) is 1. The van der Waals surface area contributed by atoms with Gasteiger partial charge in [0.15, 0.2) is 0 Å². The molecule has 6 heteroatoms. The Balaban J connectivity index is 1.58. The third-order valence-electron chi connectivity index (χ3n) is 5.03. The third-order valence-corrected chi connectivity index (χ3v) is 5.77. The number of carbonyl (C=O) groups excluding carboxylic acids is 1. The smallest absolute Gasteiger partial charge is 0.254 e. The molecule has 0 radical (unpaired) electrons. The van der Waals surface area contributed by atoms with Gasteiger partial charge in [0.25, 0.3) is 5.91 Å². The molecule has 0 bridgehead atoms. The first-order valence-corrected chi connectivity index (χ1v) is 10.6. The van der Waals surface area contributed by atoms with E-state index in [4.69, 9.17) is 4.74 Å². The van der Waals surface area contributed by atoms with Crippen LogP contribution in [-0.2, 0) is 6.54 Å². The fourth-order valence-electron chi connectivity index (χ4n) is 3.41. The van der Waals surface area contributed by atoms with Crippen molar-refractivity contribution < 1.29 is 14.6 Å². The van der Waals surface area contributed by atoms with Crippen LogP contribution in [0.2, 0.25) is 0 Å². The van der Waals surface area contributed by atoms with Crippen molar-refractivity contribution in [2.24, 2.45) is 0 Å². The number of hydrogen-bond acceptors (Lipinski definition) is 5. The Morgan fingerprint density at radius 2 is 1.86 bits per heavy atom. The van der Waals surface area contributed by atoms with E-state index >= 15 is 0 Å². The molecule has 0 aliphatic carbocycles. The molecule has 1 aromatic heterocycles. The molecule has 1 aliphatic heterocycles. The van der Waals surface area contributed by atoms with Crippen LogP contribution in [0, 0.1) is 0 Å². The maximum absolute atomic E-state index is 13.0. The van der Waals surface area contributed by atoms with Gasteiger partial charge >= 0.3 is 0 Å². The summed E-state index contributed by atoms with van der Waals surface area (Å²) in [7, 11) is 0. The van der Waals surface area contributed by atoms with Gasteiger partial charge in [0.05, 0.1) is 6.54 Å². The molecule has 1 unspecified atom stereocenters. The summed E-state index contributed by atoms with van der Waals surface area (Å²) in [5, 5.41) is 10.7. The van der Waals surface area contributed by atoms with Gasteiger partial charge in [-0.2, -0.15) is 0 Å². The number of amides is 1. The van der Waals surface area contributed by atoms with Crippen LogP contribution in [-0.4, -0.2) is 40.3 Å². The maximum Gasteiger partial charge on any atom is 0.254 e. The summed E-state index contributed by atoms with van der Waals surface area (Å²) >= 11 is 1.65. The zero-order valence-electron chi connectivity index (χ0n) is 16.1. The molecule has 1 atom stereocenters.